The first-order valence-electron chi connectivity index (χ1n) is 9.56. The van der Waals surface area contributed by atoms with Gasteiger partial charge in [-0.3, -0.25) is 9.59 Å². The van der Waals surface area contributed by atoms with E-state index in [0.717, 1.165) is 5.75 Å². The Kier molecular flexibility index (Phi) is 7.48. The van der Waals surface area contributed by atoms with E-state index >= 15 is 0 Å². The Morgan fingerprint density at radius 1 is 0.806 bits per heavy atom. The smallest absolute Gasteiger partial charge is 0.310 e. The molecular formula is C24H23NO6. The lowest BCUT2D eigenvalue weighted by Crippen LogP contribution is -2.21. The maximum absolute atomic E-state index is 12.1. The van der Waals surface area contributed by atoms with Gasteiger partial charge in [0.25, 0.3) is 5.91 Å². The first-order valence-corrected chi connectivity index (χ1v) is 9.56. The third-order valence-electron chi connectivity index (χ3n) is 4.28. The number of rotatable bonds is 9. The fourth-order valence-corrected chi connectivity index (χ4v) is 2.78. The molecule has 3 aromatic carbocycles. The second kappa shape index (κ2) is 10.7. The molecule has 0 radical (unpaired) electrons. The maximum Gasteiger partial charge on any atom is 0.310 e. The summed E-state index contributed by atoms with van der Waals surface area (Å²) in [5, 5.41) is 2.68. The van der Waals surface area contributed by atoms with Crippen LogP contribution in [0.3, 0.4) is 0 Å². The molecular weight excluding hydrogens is 398 g/mol. The van der Waals surface area contributed by atoms with Crippen LogP contribution in [0.25, 0.3) is 0 Å². The molecule has 0 aliphatic carbocycles. The molecule has 0 saturated heterocycles. The molecule has 0 aromatic heterocycles. The molecule has 0 saturated carbocycles. The summed E-state index contributed by atoms with van der Waals surface area (Å²) in [7, 11) is 3.05. The summed E-state index contributed by atoms with van der Waals surface area (Å²) in [6, 6.07) is 21.4. The van der Waals surface area contributed by atoms with Crippen LogP contribution in [0.4, 0.5) is 5.69 Å². The Morgan fingerprint density at radius 3 is 2.16 bits per heavy atom. The summed E-state index contributed by atoms with van der Waals surface area (Å²) in [6.07, 6.45) is 0.0131. The van der Waals surface area contributed by atoms with E-state index in [0.29, 0.717) is 28.5 Å². The summed E-state index contributed by atoms with van der Waals surface area (Å²) >= 11 is 0. The third kappa shape index (κ3) is 6.50. The number of esters is 1. The number of para-hydroxylation sites is 1. The van der Waals surface area contributed by atoms with Crippen LogP contribution in [-0.4, -0.2) is 32.7 Å². The normalized spacial score (nSPS) is 10.1. The molecule has 0 bridgehead atoms. The van der Waals surface area contributed by atoms with Gasteiger partial charge in [0.2, 0.25) is 0 Å². The zero-order chi connectivity index (χ0) is 22.1. The monoisotopic (exact) mass is 421 g/mol. The van der Waals surface area contributed by atoms with Crippen molar-refractivity contribution in [2.75, 3.05) is 26.1 Å². The highest BCUT2D eigenvalue weighted by Crippen LogP contribution is 2.27. The van der Waals surface area contributed by atoms with Gasteiger partial charge in [0.15, 0.2) is 18.1 Å². The molecule has 0 atom stereocenters. The lowest BCUT2D eigenvalue weighted by molar-refractivity contribution is -0.146. The molecule has 7 heteroatoms. The van der Waals surface area contributed by atoms with Crippen molar-refractivity contribution in [1.29, 1.82) is 0 Å². The largest absolute Gasteiger partial charge is 0.493 e. The van der Waals surface area contributed by atoms with Crippen molar-refractivity contribution in [3.05, 3.63) is 78.4 Å². The van der Waals surface area contributed by atoms with E-state index in [1.807, 2.05) is 30.3 Å². The summed E-state index contributed by atoms with van der Waals surface area (Å²) in [6.45, 7) is -0.381. The average Bonchev–Trinajstić information content (AvgIpc) is 2.79. The van der Waals surface area contributed by atoms with Crippen LogP contribution in [0.5, 0.6) is 23.0 Å². The summed E-state index contributed by atoms with van der Waals surface area (Å²) < 4.78 is 21.2. The number of methoxy groups -OCH3 is 2. The number of benzene rings is 3. The summed E-state index contributed by atoms with van der Waals surface area (Å²) in [4.78, 5) is 24.1. The highest BCUT2D eigenvalue weighted by molar-refractivity contribution is 5.92. The lowest BCUT2D eigenvalue weighted by atomic mass is 10.1. The number of nitrogens with one attached hydrogen (secondary N) is 1. The molecule has 3 rings (SSSR count). The molecule has 0 heterocycles. The van der Waals surface area contributed by atoms with Crippen molar-refractivity contribution in [3.63, 3.8) is 0 Å². The van der Waals surface area contributed by atoms with Gasteiger partial charge in [-0.1, -0.05) is 24.3 Å². The van der Waals surface area contributed by atoms with Gasteiger partial charge < -0.3 is 24.3 Å². The first-order chi connectivity index (χ1) is 15.1. The minimum Gasteiger partial charge on any atom is -0.493 e. The van der Waals surface area contributed by atoms with Gasteiger partial charge in [-0.05, 0) is 54.1 Å². The van der Waals surface area contributed by atoms with Crippen molar-refractivity contribution < 1.29 is 28.5 Å². The standard InChI is InChI=1S/C24H23NO6/c1-28-21-13-8-17(14-22(21)29-2)15-24(27)30-16-23(26)25-18-9-11-20(12-10-18)31-19-6-4-3-5-7-19/h3-14H,15-16H2,1-2H3,(H,25,26). The van der Waals surface area contributed by atoms with Gasteiger partial charge in [0, 0.05) is 5.69 Å². The van der Waals surface area contributed by atoms with Gasteiger partial charge in [-0.15, -0.1) is 0 Å². The fraction of sp³-hybridized carbons (Fsp3) is 0.167. The van der Waals surface area contributed by atoms with Crippen molar-refractivity contribution in [1.82, 2.24) is 0 Å². The number of anilines is 1. The quantitative estimate of drug-likeness (QED) is 0.521. The van der Waals surface area contributed by atoms with Crippen molar-refractivity contribution in [2.24, 2.45) is 0 Å². The summed E-state index contributed by atoms with van der Waals surface area (Å²) in [5.74, 6) is 1.50. The van der Waals surface area contributed by atoms with Crippen LogP contribution in [0.2, 0.25) is 0 Å². The first kappa shape index (κ1) is 21.7. The molecule has 1 amide bonds. The van der Waals surface area contributed by atoms with Crippen molar-refractivity contribution in [3.8, 4) is 23.0 Å². The Balaban J connectivity index is 1.46. The molecule has 0 fully saturated rings. The molecule has 0 aliphatic heterocycles. The van der Waals surface area contributed by atoms with Crippen LogP contribution in [0.15, 0.2) is 72.8 Å². The lowest BCUT2D eigenvalue weighted by Gasteiger charge is -2.10. The Hall–Kier alpha value is -4.00. The molecule has 0 aliphatic rings. The zero-order valence-corrected chi connectivity index (χ0v) is 17.3. The van der Waals surface area contributed by atoms with Crippen LogP contribution in [0, 0.1) is 0 Å². The number of ether oxygens (including phenoxy) is 4. The molecule has 3 aromatic rings. The second-order valence-electron chi connectivity index (χ2n) is 6.51. The Bertz CT molecular complexity index is 1020. The van der Waals surface area contributed by atoms with E-state index in [2.05, 4.69) is 5.32 Å². The Labute approximate surface area is 180 Å². The highest BCUT2D eigenvalue weighted by Gasteiger charge is 2.11. The number of hydrogen-bond acceptors (Lipinski definition) is 6. The second-order valence-corrected chi connectivity index (χ2v) is 6.51. The summed E-state index contributed by atoms with van der Waals surface area (Å²) in [5.41, 5.74) is 1.26. The topological polar surface area (TPSA) is 83.1 Å². The van der Waals surface area contributed by atoms with Crippen molar-refractivity contribution in [2.45, 2.75) is 6.42 Å². The highest BCUT2D eigenvalue weighted by atomic mass is 16.5. The number of hydrogen-bond donors (Lipinski definition) is 1. The van der Waals surface area contributed by atoms with Gasteiger partial charge in [-0.25, -0.2) is 0 Å². The predicted molar refractivity (Wildman–Crippen MR) is 116 cm³/mol. The van der Waals surface area contributed by atoms with E-state index < -0.39 is 11.9 Å². The molecule has 0 spiro atoms. The number of carbonyl (C=O) groups is 2. The van der Waals surface area contributed by atoms with Gasteiger partial charge >= 0.3 is 5.97 Å². The molecule has 7 nitrogen and oxygen atoms in total. The maximum atomic E-state index is 12.1. The molecule has 1 N–H and O–H groups in total. The minimum absolute atomic E-state index is 0.0131. The number of amides is 1. The van der Waals surface area contributed by atoms with Crippen LogP contribution >= 0.6 is 0 Å². The van der Waals surface area contributed by atoms with Crippen molar-refractivity contribution >= 4 is 17.6 Å². The van der Waals surface area contributed by atoms with Gasteiger partial charge in [0.1, 0.15) is 11.5 Å². The number of carbonyl (C=O) groups excluding carboxylic acids is 2. The Morgan fingerprint density at radius 2 is 1.48 bits per heavy atom. The fourth-order valence-electron chi connectivity index (χ4n) is 2.78. The SMILES string of the molecule is COc1ccc(CC(=O)OCC(=O)Nc2ccc(Oc3ccccc3)cc2)cc1OC. The molecule has 31 heavy (non-hydrogen) atoms. The van der Waals surface area contributed by atoms with E-state index in [-0.39, 0.29) is 13.0 Å². The van der Waals surface area contributed by atoms with E-state index in [1.165, 1.54) is 14.2 Å². The molecule has 0 unspecified atom stereocenters. The third-order valence-corrected chi connectivity index (χ3v) is 4.28. The van der Waals surface area contributed by atoms with E-state index in [1.54, 1.807) is 42.5 Å². The average molecular weight is 421 g/mol. The van der Waals surface area contributed by atoms with Gasteiger partial charge in [0.05, 0.1) is 20.6 Å². The van der Waals surface area contributed by atoms with Crippen LogP contribution in [0.1, 0.15) is 5.56 Å². The zero-order valence-electron chi connectivity index (χ0n) is 17.3. The predicted octanol–water partition coefficient (Wildman–Crippen LogP) is 4.22. The minimum atomic E-state index is -0.519. The van der Waals surface area contributed by atoms with E-state index in [4.69, 9.17) is 18.9 Å². The van der Waals surface area contributed by atoms with Gasteiger partial charge in [-0.2, -0.15) is 0 Å². The van der Waals surface area contributed by atoms with E-state index in [9.17, 15) is 9.59 Å². The molecule has 160 valence electrons. The van der Waals surface area contributed by atoms with Crippen LogP contribution < -0.4 is 19.5 Å². The van der Waals surface area contributed by atoms with Crippen LogP contribution in [-0.2, 0) is 20.7 Å².